The van der Waals surface area contributed by atoms with E-state index in [0.717, 1.165) is 0 Å². The molecular formula is C8H18OTe. The molecule has 1 nitrogen and oxygen atoms in total. The van der Waals surface area contributed by atoms with Gasteiger partial charge in [0.05, 0.1) is 0 Å². The van der Waals surface area contributed by atoms with Gasteiger partial charge < -0.3 is 0 Å². The molecule has 0 heterocycles. The maximum atomic E-state index is 8.71. The minimum atomic E-state index is 0.253. The standard InChI is InChI=1S/C8H18OTe/c1-3-4-5-10-7-8(2)6-9/h8-9H,3-7H2,1-2H3. The van der Waals surface area contributed by atoms with Gasteiger partial charge in [-0.2, -0.15) is 0 Å². The molecule has 1 unspecified atom stereocenters. The molecule has 0 aliphatic rings. The first-order chi connectivity index (χ1) is 4.81. The van der Waals surface area contributed by atoms with Crippen LogP contribution in [0.15, 0.2) is 0 Å². The van der Waals surface area contributed by atoms with Crippen LogP contribution in [0, 0.1) is 5.92 Å². The van der Waals surface area contributed by atoms with E-state index in [-0.39, 0.29) is 20.9 Å². The van der Waals surface area contributed by atoms with Crippen LogP contribution in [-0.4, -0.2) is 32.6 Å². The average molecular weight is 258 g/mol. The number of aliphatic hydroxyl groups excluding tert-OH is 1. The quantitative estimate of drug-likeness (QED) is 0.570. The van der Waals surface area contributed by atoms with Crippen molar-refractivity contribution >= 4 is 20.9 Å². The Morgan fingerprint density at radius 3 is 2.70 bits per heavy atom. The Bertz CT molecular complexity index is 66.3. The molecule has 2 heteroatoms. The molecule has 62 valence electrons. The van der Waals surface area contributed by atoms with Crippen molar-refractivity contribution in [3.8, 4) is 0 Å². The first kappa shape index (κ1) is 10.7. The van der Waals surface area contributed by atoms with E-state index < -0.39 is 0 Å². The minimum absolute atomic E-state index is 0.253. The predicted octanol–water partition coefficient (Wildman–Crippen LogP) is 1.96. The number of aliphatic hydroxyl groups is 1. The van der Waals surface area contributed by atoms with Gasteiger partial charge in [-0.15, -0.1) is 0 Å². The van der Waals surface area contributed by atoms with Crippen molar-refractivity contribution in [3.05, 3.63) is 0 Å². The van der Waals surface area contributed by atoms with Crippen molar-refractivity contribution in [2.24, 2.45) is 5.92 Å². The van der Waals surface area contributed by atoms with Gasteiger partial charge in [0.15, 0.2) is 0 Å². The monoisotopic (exact) mass is 260 g/mol. The van der Waals surface area contributed by atoms with E-state index in [4.69, 9.17) is 5.11 Å². The van der Waals surface area contributed by atoms with E-state index in [9.17, 15) is 0 Å². The third kappa shape index (κ3) is 6.86. The van der Waals surface area contributed by atoms with Gasteiger partial charge in [0, 0.05) is 0 Å². The van der Waals surface area contributed by atoms with Gasteiger partial charge in [-0.25, -0.2) is 0 Å². The number of rotatable bonds is 6. The van der Waals surface area contributed by atoms with E-state index in [1.54, 1.807) is 0 Å². The fourth-order valence-corrected chi connectivity index (χ4v) is 3.92. The Morgan fingerprint density at radius 2 is 2.20 bits per heavy atom. The van der Waals surface area contributed by atoms with Crippen LogP contribution < -0.4 is 0 Å². The molecule has 0 saturated carbocycles. The first-order valence-corrected chi connectivity index (χ1v) is 7.29. The topological polar surface area (TPSA) is 20.2 Å². The van der Waals surface area contributed by atoms with Gasteiger partial charge in [0.25, 0.3) is 0 Å². The van der Waals surface area contributed by atoms with Crippen molar-refractivity contribution in [1.29, 1.82) is 0 Å². The molecule has 0 spiro atoms. The van der Waals surface area contributed by atoms with Crippen molar-refractivity contribution in [2.45, 2.75) is 35.6 Å². The molecule has 0 fully saturated rings. The van der Waals surface area contributed by atoms with E-state index in [2.05, 4.69) is 13.8 Å². The van der Waals surface area contributed by atoms with Crippen molar-refractivity contribution in [2.75, 3.05) is 6.61 Å². The molecule has 0 saturated heterocycles. The predicted molar refractivity (Wildman–Crippen MR) is 46.5 cm³/mol. The zero-order chi connectivity index (χ0) is 7.82. The van der Waals surface area contributed by atoms with Crippen molar-refractivity contribution < 1.29 is 5.11 Å². The molecule has 0 aromatic rings. The first-order valence-electron chi connectivity index (χ1n) is 3.99. The average Bonchev–Trinajstić information content (AvgIpc) is 1.98. The summed E-state index contributed by atoms with van der Waals surface area (Å²) in [5.74, 6) is 0.569. The summed E-state index contributed by atoms with van der Waals surface area (Å²) >= 11 is 0.253. The molecule has 0 radical (unpaired) electrons. The normalized spacial score (nSPS) is 13.5. The molecule has 0 rings (SSSR count). The Kier molecular flexibility index (Phi) is 8.44. The van der Waals surface area contributed by atoms with Crippen LogP contribution in [0.3, 0.4) is 0 Å². The van der Waals surface area contributed by atoms with Gasteiger partial charge >= 0.3 is 74.2 Å². The zero-order valence-corrected chi connectivity index (χ0v) is 9.30. The van der Waals surface area contributed by atoms with Crippen LogP contribution >= 0.6 is 0 Å². The van der Waals surface area contributed by atoms with Crippen LogP contribution in [0.5, 0.6) is 0 Å². The second kappa shape index (κ2) is 7.85. The van der Waals surface area contributed by atoms with Crippen LogP contribution in [-0.2, 0) is 0 Å². The molecule has 0 aliphatic carbocycles. The molecule has 0 amide bonds. The molecule has 0 aromatic heterocycles. The number of hydrogen-bond donors (Lipinski definition) is 1. The summed E-state index contributed by atoms with van der Waals surface area (Å²) in [6.07, 6.45) is 2.73. The van der Waals surface area contributed by atoms with Crippen LogP contribution in [0.1, 0.15) is 26.7 Å². The zero-order valence-electron chi connectivity index (χ0n) is 6.97. The second-order valence-electron chi connectivity index (χ2n) is 2.72. The Balaban J connectivity index is 2.89. The van der Waals surface area contributed by atoms with Crippen LogP contribution in [0.2, 0.25) is 8.94 Å². The Morgan fingerprint density at radius 1 is 1.50 bits per heavy atom. The fourth-order valence-electron chi connectivity index (χ4n) is 0.584. The fraction of sp³-hybridized carbons (Fsp3) is 1.00. The summed E-state index contributed by atoms with van der Waals surface area (Å²) in [6.45, 7) is 4.76. The van der Waals surface area contributed by atoms with Crippen molar-refractivity contribution in [1.82, 2.24) is 0 Å². The van der Waals surface area contributed by atoms with Gasteiger partial charge in [-0.1, -0.05) is 0 Å². The summed E-state index contributed by atoms with van der Waals surface area (Å²) in [7, 11) is 0. The number of unbranched alkanes of at least 4 members (excludes halogenated alkanes) is 1. The summed E-state index contributed by atoms with van der Waals surface area (Å²) in [6, 6.07) is 0. The molecule has 1 N–H and O–H groups in total. The summed E-state index contributed by atoms with van der Waals surface area (Å²) in [5, 5.41) is 8.71. The third-order valence-electron chi connectivity index (χ3n) is 1.36. The Hall–Kier alpha value is 0.750. The van der Waals surface area contributed by atoms with E-state index in [1.807, 2.05) is 0 Å². The van der Waals surface area contributed by atoms with Crippen LogP contribution in [0.4, 0.5) is 0 Å². The van der Waals surface area contributed by atoms with Crippen LogP contribution in [0.25, 0.3) is 0 Å². The van der Waals surface area contributed by atoms with E-state index in [1.165, 1.54) is 21.8 Å². The third-order valence-corrected chi connectivity index (χ3v) is 5.30. The molecule has 0 aliphatic heterocycles. The molecular weight excluding hydrogens is 240 g/mol. The van der Waals surface area contributed by atoms with Gasteiger partial charge in [0.1, 0.15) is 0 Å². The molecule has 1 atom stereocenters. The maximum absolute atomic E-state index is 8.71. The van der Waals surface area contributed by atoms with Gasteiger partial charge in [-0.05, 0) is 0 Å². The summed E-state index contributed by atoms with van der Waals surface area (Å²) in [5.41, 5.74) is 0. The Labute approximate surface area is 74.3 Å². The van der Waals surface area contributed by atoms with Gasteiger partial charge in [0.2, 0.25) is 0 Å². The second-order valence-corrected chi connectivity index (χ2v) is 6.00. The van der Waals surface area contributed by atoms with Gasteiger partial charge in [-0.3, -0.25) is 0 Å². The molecule has 10 heavy (non-hydrogen) atoms. The molecule has 0 bridgehead atoms. The number of hydrogen-bond acceptors (Lipinski definition) is 1. The van der Waals surface area contributed by atoms with Crippen molar-refractivity contribution in [3.63, 3.8) is 0 Å². The van der Waals surface area contributed by atoms with E-state index in [0.29, 0.717) is 12.5 Å². The molecule has 0 aromatic carbocycles. The SMILES string of the molecule is CCCC[Te]CC(C)CO. The van der Waals surface area contributed by atoms with E-state index >= 15 is 0 Å². The summed E-state index contributed by atoms with van der Waals surface area (Å²) in [4.78, 5) is 0. The summed E-state index contributed by atoms with van der Waals surface area (Å²) < 4.78 is 2.79.